The van der Waals surface area contributed by atoms with Crippen LogP contribution in [0.5, 0.6) is 5.75 Å². The van der Waals surface area contributed by atoms with Gasteiger partial charge in [0.15, 0.2) is 6.61 Å². The molecule has 2 aromatic carbocycles. The molecule has 0 atom stereocenters. The number of amides is 3. The number of ether oxygens (including phenoxy) is 2. The van der Waals surface area contributed by atoms with Crippen LogP contribution in [0.1, 0.15) is 26.3 Å². The Morgan fingerprint density at radius 2 is 1.62 bits per heavy atom. The Morgan fingerprint density at radius 1 is 0.938 bits per heavy atom. The lowest BCUT2D eigenvalue weighted by Gasteiger charge is -2.19. The zero-order valence-electron chi connectivity index (χ0n) is 18.0. The molecular weight excluding hydrogens is 457 g/mol. The van der Waals surface area contributed by atoms with Gasteiger partial charge in [0.1, 0.15) is 17.9 Å². The van der Waals surface area contributed by atoms with Gasteiger partial charge in [-0.15, -0.1) is 0 Å². The van der Waals surface area contributed by atoms with Crippen molar-refractivity contribution in [2.24, 2.45) is 0 Å². The minimum absolute atomic E-state index is 0.194. The lowest BCUT2D eigenvalue weighted by Crippen LogP contribution is -2.37. The molecule has 0 heterocycles. The number of carbonyl (C=O) groups is 3. The van der Waals surface area contributed by atoms with Crippen molar-refractivity contribution in [2.45, 2.75) is 32.9 Å². The van der Waals surface area contributed by atoms with Gasteiger partial charge in [-0.25, -0.2) is 4.79 Å². The zero-order chi connectivity index (χ0) is 23.7. The Hall–Kier alpha value is -2.97. The Balaban J connectivity index is 1.72. The molecule has 172 valence electrons. The number of anilines is 1. The van der Waals surface area contributed by atoms with Crippen LogP contribution in [0, 0.1) is 0 Å². The third-order valence-electron chi connectivity index (χ3n) is 3.77. The van der Waals surface area contributed by atoms with Crippen LogP contribution in [0.2, 0.25) is 10.0 Å². The fourth-order valence-corrected chi connectivity index (χ4v) is 2.83. The molecule has 3 N–H and O–H groups in total. The van der Waals surface area contributed by atoms with Crippen molar-refractivity contribution >= 4 is 46.8 Å². The van der Waals surface area contributed by atoms with Crippen molar-refractivity contribution in [1.29, 1.82) is 0 Å². The Kier molecular flexibility index (Phi) is 9.16. The number of carbonyl (C=O) groups excluding carboxylic acids is 3. The highest BCUT2D eigenvalue weighted by Gasteiger charge is 2.16. The molecule has 0 fully saturated rings. The lowest BCUT2D eigenvalue weighted by molar-refractivity contribution is -0.123. The van der Waals surface area contributed by atoms with E-state index in [1.807, 2.05) is 0 Å². The molecule has 0 aromatic heterocycles. The molecule has 2 rings (SSSR count). The highest BCUT2D eigenvalue weighted by Crippen LogP contribution is 2.27. The maximum atomic E-state index is 12.0. The summed E-state index contributed by atoms with van der Waals surface area (Å²) in [5, 5.41) is 8.58. The minimum Gasteiger partial charge on any atom is -0.482 e. The summed E-state index contributed by atoms with van der Waals surface area (Å²) in [4.78, 5) is 35.5. The first-order valence-corrected chi connectivity index (χ1v) is 10.5. The largest absolute Gasteiger partial charge is 0.482 e. The molecule has 0 bridgehead atoms. The molecule has 2 aromatic rings. The summed E-state index contributed by atoms with van der Waals surface area (Å²) in [6, 6.07) is 11.6. The molecule has 0 saturated carbocycles. The smallest absolute Gasteiger partial charge is 0.408 e. The van der Waals surface area contributed by atoms with Crippen molar-refractivity contribution in [1.82, 2.24) is 10.6 Å². The van der Waals surface area contributed by atoms with Crippen molar-refractivity contribution in [3.63, 3.8) is 0 Å². The standard InChI is InChI=1S/C22H25Cl2N3O5/c1-22(2,3)32-21(30)26-12-19(28)27-16-7-4-14(5-8-16)11-25-20(29)13-31-18-9-6-15(23)10-17(18)24/h4-10H,11-13H2,1-3H3,(H,25,29)(H,26,30)(H,27,28). The van der Waals surface area contributed by atoms with E-state index in [1.165, 1.54) is 6.07 Å². The third-order valence-corrected chi connectivity index (χ3v) is 4.30. The van der Waals surface area contributed by atoms with E-state index in [0.29, 0.717) is 21.5 Å². The summed E-state index contributed by atoms with van der Waals surface area (Å²) >= 11 is 11.8. The molecule has 0 aliphatic carbocycles. The first kappa shape index (κ1) is 25.3. The second-order valence-electron chi connectivity index (χ2n) is 7.74. The Bertz CT molecular complexity index is 959. The molecular formula is C22H25Cl2N3O5. The monoisotopic (exact) mass is 481 g/mol. The van der Waals surface area contributed by atoms with Crippen LogP contribution in [0.25, 0.3) is 0 Å². The molecule has 3 amide bonds. The summed E-state index contributed by atoms with van der Waals surface area (Å²) < 4.78 is 10.5. The lowest BCUT2D eigenvalue weighted by atomic mass is 10.2. The van der Waals surface area contributed by atoms with Crippen LogP contribution in [0.3, 0.4) is 0 Å². The quantitative estimate of drug-likeness (QED) is 0.524. The SMILES string of the molecule is CC(C)(C)OC(=O)NCC(=O)Nc1ccc(CNC(=O)COc2ccc(Cl)cc2Cl)cc1. The normalized spacial score (nSPS) is 10.8. The van der Waals surface area contributed by atoms with E-state index < -0.39 is 17.6 Å². The average molecular weight is 482 g/mol. The van der Waals surface area contributed by atoms with E-state index >= 15 is 0 Å². The second-order valence-corrected chi connectivity index (χ2v) is 8.58. The summed E-state index contributed by atoms with van der Waals surface area (Å²) in [5.74, 6) is -0.344. The van der Waals surface area contributed by atoms with Crippen LogP contribution in [-0.2, 0) is 20.9 Å². The van der Waals surface area contributed by atoms with Gasteiger partial charge in [0.05, 0.1) is 5.02 Å². The molecule has 0 radical (unpaired) electrons. The maximum absolute atomic E-state index is 12.0. The van der Waals surface area contributed by atoms with Gasteiger partial charge in [0.2, 0.25) is 5.91 Å². The minimum atomic E-state index is -0.666. The molecule has 8 nitrogen and oxygen atoms in total. The summed E-state index contributed by atoms with van der Waals surface area (Å²) in [6.07, 6.45) is -0.666. The molecule has 0 unspecified atom stereocenters. The van der Waals surface area contributed by atoms with Crippen molar-refractivity contribution in [2.75, 3.05) is 18.5 Å². The number of benzene rings is 2. The maximum Gasteiger partial charge on any atom is 0.408 e. The number of halogens is 2. The van der Waals surface area contributed by atoms with Gasteiger partial charge in [-0.2, -0.15) is 0 Å². The Labute approximate surface area is 196 Å². The van der Waals surface area contributed by atoms with Gasteiger partial charge in [-0.1, -0.05) is 35.3 Å². The first-order valence-electron chi connectivity index (χ1n) is 9.72. The Morgan fingerprint density at radius 3 is 2.25 bits per heavy atom. The predicted octanol–water partition coefficient (Wildman–Crippen LogP) is 4.15. The predicted molar refractivity (Wildman–Crippen MR) is 123 cm³/mol. The highest BCUT2D eigenvalue weighted by atomic mass is 35.5. The van der Waals surface area contributed by atoms with Gasteiger partial charge in [-0.3, -0.25) is 9.59 Å². The van der Waals surface area contributed by atoms with Gasteiger partial charge in [0.25, 0.3) is 5.91 Å². The van der Waals surface area contributed by atoms with E-state index in [1.54, 1.807) is 57.2 Å². The van der Waals surface area contributed by atoms with Crippen LogP contribution >= 0.6 is 23.2 Å². The van der Waals surface area contributed by atoms with E-state index in [4.69, 9.17) is 32.7 Å². The van der Waals surface area contributed by atoms with Gasteiger partial charge < -0.3 is 25.4 Å². The number of hydrogen-bond donors (Lipinski definition) is 3. The highest BCUT2D eigenvalue weighted by molar-refractivity contribution is 6.35. The molecule has 10 heteroatoms. The van der Waals surface area contributed by atoms with Crippen LogP contribution < -0.4 is 20.7 Å². The fourth-order valence-electron chi connectivity index (χ4n) is 2.36. The molecule has 0 saturated heterocycles. The second kappa shape index (κ2) is 11.6. The molecule has 0 aliphatic rings. The molecule has 32 heavy (non-hydrogen) atoms. The number of rotatable bonds is 8. The van der Waals surface area contributed by atoms with Crippen LogP contribution in [0.15, 0.2) is 42.5 Å². The van der Waals surface area contributed by atoms with E-state index in [2.05, 4.69) is 16.0 Å². The molecule has 0 spiro atoms. The van der Waals surface area contributed by atoms with Crippen molar-refractivity contribution < 1.29 is 23.9 Å². The van der Waals surface area contributed by atoms with Crippen LogP contribution in [0.4, 0.5) is 10.5 Å². The summed E-state index contributed by atoms with van der Waals surface area (Å²) in [7, 11) is 0. The van der Waals surface area contributed by atoms with E-state index in [0.717, 1.165) is 5.56 Å². The number of alkyl carbamates (subject to hydrolysis) is 1. The fraction of sp³-hybridized carbons (Fsp3) is 0.318. The van der Waals surface area contributed by atoms with Gasteiger partial charge in [-0.05, 0) is 56.7 Å². The summed E-state index contributed by atoms with van der Waals surface area (Å²) in [5.41, 5.74) is 0.741. The molecule has 0 aliphatic heterocycles. The third kappa shape index (κ3) is 9.45. The van der Waals surface area contributed by atoms with Crippen LogP contribution in [-0.4, -0.2) is 36.7 Å². The van der Waals surface area contributed by atoms with Gasteiger partial charge in [0, 0.05) is 17.3 Å². The van der Waals surface area contributed by atoms with Gasteiger partial charge >= 0.3 is 6.09 Å². The van der Waals surface area contributed by atoms with E-state index in [9.17, 15) is 14.4 Å². The first-order chi connectivity index (χ1) is 15.0. The van der Waals surface area contributed by atoms with Crippen molar-refractivity contribution in [3.05, 3.63) is 58.1 Å². The number of nitrogens with one attached hydrogen (secondary N) is 3. The zero-order valence-corrected chi connectivity index (χ0v) is 19.5. The topological polar surface area (TPSA) is 106 Å². The van der Waals surface area contributed by atoms with E-state index in [-0.39, 0.29) is 25.6 Å². The average Bonchev–Trinajstić information content (AvgIpc) is 2.70. The van der Waals surface area contributed by atoms with Crippen molar-refractivity contribution in [3.8, 4) is 5.75 Å². The number of hydrogen-bond acceptors (Lipinski definition) is 5. The summed E-state index contributed by atoms with van der Waals surface area (Å²) in [6.45, 7) is 5.08.